The highest BCUT2D eigenvalue weighted by Crippen LogP contribution is 2.28. The maximum absolute atomic E-state index is 11.1. The first-order chi connectivity index (χ1) is 9.49. The first-order valence-corrected chi connectivity index (χ1v) is 6.43. The van der Waals surface area contributed by atoms with Gasteiger partial charge in [-0.1, -0.05) is 35.9 Å². The Bertz CT molecular complexity index is 646. The molecule has 2 aromatic rings. The molecule has 20 heavy (non-hydrogen) atoms. The molecule has 0 spiro atoms. The van der Waals surface area contributed by atoms with E-state index in [2.05, 4.69) is 4.98 Å². The second-order valence-corrected chi connectivity index (χ2v) is 4.90. The number of halogens is 1. The van der Waals surface area contributed by atoms with Crippen LogP contribution < -0.4 is 4.90 Å². The van der Waals surface area contributed by atoms with Crippen molar-refractivity contribution < 1.29 is 4.92 Å². The van der Waals surface area contributed by atoms with Crippen molar-refractivity contribution in [2.24, 2.45) is 0 Å². The second kappa shape index (κ2) is 5.88. The highest BCUT2D eigenvalue weighted by Gasteiger charge is 2.19. The summed E-state index contributed by atoms with van der Waals surface area (Å²) in [6.07, 6.45) is 0. The van der Waals surface area contributed by atoms with Crippen molar-refractivity contribution in [2.45, 2.75) is 13.5 Å². The topological polar surface area (TPSA) is 59.3 Å². The van der Waals surface area contributed by atoms with Crippen LogP contribution in [-0.4, -0.2) is 17.0 Å². The van der Waals surface area contributed by atoms with Crippen LogP contribution in [0.3, 0.4) is 0 Å². The molecule has 104 valence electrons. The number of benzene rings is 1. The normalized spacial score (nSPS) is 10.3. The van der Waals surface area contributed by atoms with Crippen LogP contribution in [-0.2, 0) is 6.54 Å². The van der Waals surface area contributed by atoms with Crippen molar-refractivity contribution in [3.63, 3.8) is 0 Å². The van der Waals surface area contributed by atoms with E-state index in [1.165, 1.54) is 12.1 Å². The monoisotopic (exact) mass is 291 g/mol. The van der Waals surface area contributed by atoms with E-state index in [-0.39, 0.29) is 16.7 Å². The van der Waals surface area contributed by atoms with E-state index in [0.717, 1.165) is 11.1 Å². The Labute approximate surface area is 122 Å². The van der Waals surface area contributed by atoms with Gasteiger partial charge in [-0.2, -0.15) is 0 Å². The Balaban J connectivity index is 2.34. The molecule has 0 amide bonds. The van der Waals surface area contributed by atoms with E-state index >= 15 is 0 Å². The average molecular weight is 292 g/mol. The van der Waals surface area contributed by atoms with E-state index in [1.54, 1.807) is 11.9 Å². The highest BCUT2D eigenvalue weighted by atomic mass is 35.5. The van der Waals surface area contributed by atoms with Gasteiger partial charge in [0, 0.05) is 19.7 Å². The molecule has 1 aromatic heterocycles. The lowest BCUT2D eigenvalue weighted by Gasteiger charge is -2.19. The van der Waals surface area contributed by atoms with Crippen molar-refractivity contribution in [3.8, 4) is 0 Å². The summed E-state index contributed by atoms with van der Waals surface area (Å²) in [6.45, 7) is 2.53. The molecule has 0 bridgehead atoms. The number of aryl methyl sites for hydroxylation is 1. The summed E-state index contributed by atoms with van der Waals surface area (Å²) >= 11 is 5.84. The Morgan fingerprint density at radius 3 is 2.65 bits per heavy atom. The Hall–Kier alpha value is -2.14. The molecule has 1 aromatic carbocycles. The van der Waals surface area contributed by atoms with Gasteiger partial charge in [0.25, 0.3) is 0 Å². The fraction of sp³-hybridized carbons (Fsp3) is 0.214. The molecule has 0 saturated heterocycles. The summed E-state index contributed by atoms with van der Waals surface area (Å²) in [5.41, 5.74) is 2.17. The van der Waals surface area contributed by atoms with E-state index in [4.69, 9.17) is 11.6 Å². The zero-order chi connectivity index (χ0) is 14.7. The van der Waals surface area contributed by atoms with E-state index in [9.17, 15) is 10.1 Å². The van der Waals surface area contributed by atoms with Crippen molar-refractivity contribution in [1.29, 1.82) is 0 Å². The van der Waals surface area contributed by atoms with Crippen LogP contribution in [0.2, 0.25) is 5.15 Å². The van der Waals surface area contributed by atoms with Crippen LogP contribution in [0, 0.1) is 17.0 Å². The molecule has 6 heteroatoms. The lowest BCUT2D eigenvalue weighted by molar-refractivity contribution is -0.384. The minimum absolute atomic E-state index is 0.0505. The molecule has 5 nitrogen and oxygen atoms in total. The van der Waals surface area contributed by atoms with Crippen molar-refractivity contribution >= 4 is 23.1 Å². The van der Waals surface area contributed by atoms with E-state index in [1.807, 2.05) is 31.2 Å². The molecule has 0 N–H and O–H groups in total. The van der Waals surface area contributed by atoms with E-state index < -0.39 is 4.92 Å². The van der Waals surface area contributed by atoms with E-state index in [0.29, 0.717) is 6.54 Å². The lowest BCUT2D eigenvalue weighted by Crippen LogP contribution is -2.19. The van der Waals surface area contributed by atoms with Gasteiger partial charge >= 0.3 is 5.69 Å². The number of nitro groups is 1. The third-order valence-corrected chi connectivity index (χ3v) is 3.26. The Morgan fingerprint density at radius 1 is 1.30 bits per heavy atom. The van der Waals surface area contributed by atoms with Gasteiger partial charge < -0.3 is 4.90 Å². The molecule has 0 saturated carbocycles. The summed E-state index contributed by atoms with van der Waals surface area (Å²) < 4.78 is 0. The summed E-state index contributed by atoms with van der Waals surface area (Å²) in [7, 11) is 1.76. The van der Waals surface area contributed by atoms with Crippen LogP contribution in [0.4, 0.5) is 11.5 Å². The van der Waals surface area contributed by atoms with Crippen LogP contribution in [0.1, 0.15) is 11.1 Å². The average Bonchev–Trinajstić information content (AvgIpc) is 2.40. The molecule has 0 fully saturated rings. The smallest absolute Gasteiger partial charge is 0.311 e. The number of pyridine rings is 1. The number of anilines is 1. The third-order valence-electron chi connectivity index (χ3n) is 3.05. The largest absolute Gasteiger partial charge is 0.350 e. The van der Waals surface area contributed by atoms with Crippen molar-refractivity contribution in [3.05, 3.63) is 62.8 Å². The molecule has 0 radical (unpaired) electrons. The summed E-state index contributed by atoms with van der Waals surface area (Å²) in [5.74, 6) is 0.269. The predicted molar refractivity (Wildman–Crippen MR) is 79.2 cm³/mol. The van der Waals surface area contributed by atoms with Crippen molar-refractivity contribution in [1.82, 2.24) is 4.98 Å². The minimum Gasteiger partial charge on any atom is -0.350 e. The van der Waals surface area contributed by atoms with Gasteiger partial charge in [0.1, 0.15) is 5.15 Å². The predicted octanol–water partition coefficient (Wildman–Crippen LogP) is 3.59. The van der Waals surface area contributed by atoms with Crippen molar-refractivity contribution in [2.75, 3.05) is 11.9 Å². The maximum atomic E-state index is 11.1. The number of nitrogens with zero attached hydrogens (tertiary/aromatic N) is 3. The van der Waals surface area contributed by atoms with Gasteiger partial charge in [-0.05, 0) is 24.1 Å². The Morgan fingerprint density at radius 2 is 2.00 bits per heavy atom. The molecule has 0 aliphatic rings. The molecule has 0 unspecified atom stereocenters. The minimum atomic E-state index is -0.451. The maximum Gasteiger partial charge on any atom is 0.311 e. The fourth-order valence-electron chi connectivity index (χ4n) is 1.96. The quantitative estimate of drug-likeness (QED) is 0.491. The molecular formula is C14H14ClN3O2. The molecule has 0 aliphatic heterocycles. The summed E-state index contributed by atoms with van der Waals surface area (Å²) in [6, 6.07) is 10.7. The number of rotatable bonds is 4. The number of aromatic nitrogens is 1. The van der Waals surface area contributed by atoms with Crippen LogP contribution in [0.25, 0.3) is 0 Å². The molecule has 0 atom stereocenters. The summed E-state index contributed by atoms with van der Waals surface area (Å²) in [4.78, 5) is 16.4. The van der Waals surface area contributed by atoms with Gasteiger partial charge in [0.05, 0.1) is 4.92 Å². The van der Waals surface area contributed by atoms with Gasteiger partial charge in [-0.3, -0.25) is 10.1 Å². The third kappa shape index (κ3) is 3.05. The standard InChI is InChI=1S/C14H14ClN3O2/c1-10-5-3-4-6-11(10)9-17(2)14-12(18(19)20)7-8-13(15)16-14/h3-8H,9H2,1-2H3. The molecular weight excluding hydrogens is 278 g/mol. The van der Waals surface area contributed by atoms with Gasteiger partial charge in [-0.15, -0.1) is 0 Å². The molecule has 1 heterocycles. The first kappa shape index (κ1) is 14.3. The van der Waals surface area contributed by atoms with Gasteiger partial charge in [-0.25, -0.2) is 4.98 Å². The zero-order valence-corrected chi connectivity index (χ0v) is 12.0. The fourth-order valence-corrected chi connectivity index (χ4v) is 2.10. The van der Waals surface area contributed by atoms with Crippen LogP contribution in [0.15, 0.2) is 36.4 Å². The van der Waals surface area contributed by atoms with Gasteiger partial charge in [0.15, 0.2) is 0 Å². The SMILES string of the molecule is Cc1ccccc1CN(C)c1nc(Cl)ccc1[N+](=O)[O-]. The summed E-state index contributed by atoms with van der Waals surface area (Å²) in [5, 5.41) is 11.3. The molecule has 2 rings (SSSR count). The Kier molecular flexibility index (Phi) is 4.20. The second-order valence-electron chi connectivity index (χ2n) is 4.52. The first-order valence-electron chi connectivity index (χ1n) is 6.05. The van der Waals surface area contributed by atoms with Gasteiger partial charge in [0.2, 0.25) is 5.82 Å². The lowest BCUT2D eigenvalue weighted by atomic mass is 10.1. The highest BCUT2D eigenvalue weighted by molar-refractivity contribution is 6.29. The number of hydrogen-bond donors (Lipinski definition) is 0. The van der Waals surface area contributed by atoms with Crippen LogP contribution >= 0.6 is 11.6 Å². The number of hydrogen-bond acceptors (Lipinski definition) is 4. The van der Waals surface area contributed by atoms with Crippen LogP contribution in [0.5, 0.6) is 0 Å². The molecule has 0 aliphatic carbocycles. The zero-order valence-electron chi connectivity index (χ0n) is 11.2.